The highest BCUT2D eigenvalue weighted by molar-refractivity contribution is 5.97. The van der Waals surface area contributed by atoms with Gasteiger partial charge in [-0.3, -0.25) is 0 Å². The fourth-order valence-corrected chi connectivity index (χ4v) is 5.90. The standard InChI is InChI=1S/C22H26NO2.C13H12F2N6O.BrH/c1-15-19-12-21-20(24-14-25-21)11-17(19)9-10-23(15)13-16-5-7-18(8-6-16)22(2,3)4;14-10-1-2-11(12(15)3-10)13(22,4-20-8-16-6-18-20)5-21-9-17-7-19-21;/h5-8,11-12H,9-10,13-14H2,1-4H3;1-3,6-9,22H,4-5H2;1H/q+1;;/p-1. The van der Waals surface area contributed by atoms with Crippen LogP contribution in [-0.2, 0) is 37.1 Å². The minimum atomic E-state index is -1.70. The molecule has 0 bridgehead atoms. The monoisotopic (exact) mass is 721 g/mol. The van der Waals surface area contributed by atoms with Crippen LogP contribution in [0.2, 0.25) is 0 Å². The predicted molar refractivity (Wildman–Crippen MR) is 170 cm³/mol. The normalized spacial score (nSPS) is 13.8. The summed E-state index contributed by atoms with van der Waals surface area (Å²) in [5.41, 5.74) is 5.17. The summed E-state index contributed by atoms with van der Waals surface area (Å²) in [6.07, 6.45) is 6.44. The predicted octanol–water partition coefficient (Wildman–Crippen LogP) is 2.03. The summed E-state index contributed by atoms with van der Waals surface area (Å²) in [5.74, 6) is 0.195. The molecular weight excluding hydrogens is 684 g/mol. The zero-order valence-corrected chi connectivity index (χ0v) is 28.9. The van der Waals surface area contributed by atoms with Crippen molar-refractivity contribution in [2.24, 2.45) is 0 Å². The van der Waals surface area contributed by atoms with Gasteiger partial charge in [-0.05, 0) is 34.7 Å². The maximum atomic E-state index is 14.1. The lowest BCUT2D eigenvalue weighted by molar-refractivity contribution is -0.545. The van der Waals surface area contributed by atoms with Crippen LogP contribution in [-0.4, -0.2) is 58.3 Å². The highest BCUT2D eigenvalue weighted by atomic mass is 79.9. The summed E-state index contributed by atoms with van der Waals surface area (Å²) < 4.78 is 43.5. The second kappa shape index (κ2) is 14.3. The second-order valence-electron chi connectivity index (χ2n) is 12.9. The summed E-state index contributed by atoms with van der Waals surface area (Å²) >= 11 is 0. The van der Waals surface area contributed by atoms with Gasteiger partial charge in [0, 0.05) is 36.1 Å². The van der Waals surface area contributed by atoms with Gasteiger partial charge in [0.1, 0.15) is 49.1 Å². The minimum absolute atomic E-state index is 0. The summed E-state index contributed by atoms with van der Waals surface area (Å²) in [4.78, 5) is 7.57. The summed E-state index contributed by atoms with van der Waals surface area (Å²) in [6, 6.07) is 16.4. The van der Waals surface area contributed by atoms with E-state index in [1.54, 1.807) is 0 Å². The van der Waals surface area contributed by atoms with Crippen molar-refractivity contribution in [1.29, 1.82) is 0 Å². The van der Waals surface area contributed by atoms with Gasteiger partial charge in [-0.25, -0.2) is 32.7 Å². The van der Waals surface area contributed by atoms with Crippen molar-refractivity contribution in [2.75, 3.05) is 13.3 Å². The number of nitrogens with zero attached hydrogens (tertiary/aromatic N) is 7. The van der Waals surface area contributed by atoms with E-state index >= 15 is 0 Å². The fraction of sp³-hybridized carbons (Fsp3) is 0.343. The molecular formula is C35H38BrF2N7O3. The summed E-state index contributed by atoms with van der Waals surface area (Å²) in [5, 5.41) is 18.8. The van der Waals surface area contributed by atoms with E-state index in [4.69, 9.17) is 9.47 Å². The van der Waals surface area contributed by atoms with Crippen molar-refractivity contribution >= 4 is 5.71 Å². The average molecular weight is 723 g/mol. The number of hydrogen-bond acceptors (Lipinski definition) is 7. The quantitative estimate of drug-likeness (QED) is 0.257. The van der Waals surface area contributed by atoms with E-state index in [-0.39, 0.29) is 41.0 Å². The lowest BCUT2D eigenvalue weighted by Crippen LogP contribution is -3.00. The number of aromatic nitrogens is 6. The van der Waals surface area contributed by atoms with Crippen LogP contribution in [0, 0.1) is 11.6 Å². The molecule has 1 N–H and O–H groups in total. The largest absolute Gasteiger partial charge is 1.00 e. The smallest absolute Gasteiger partial charge is 0.231 e. The van der Waals surface area contributed by atoms with Crippen LogP contribution in [0.4, 0.5) is 8.78 Å². The van der Waals surface area contributed by atoms with Gasteiger partial charge in [0.05, 0.1) is 13.1 Å². The van der Waals surface area contributed by atoms with Gasteiger partial charge < -0.3 is 31.6 Å². The van der Waals surface area contributed by atoms with E-state index in [9.17, 15) is 13.9 Å². The molecule has 2 aliphatic rings. The minimum Gasteiger partial charge on any atom is -1.00 e. The van der Waals surface area contributed by atoms with Gasteiger partial charge in [-0.2, -0.15) is 10.2 Å². The van der Waals surface area contributed by atoms with E-state index in [1.807, 2.05) is 0 Å². The Labute approximate surface area is 288 Å². The Morgan fingerprint density at radius 3 is 2.06 bits per heavy atom. The number of aliphatic hydroxyl groups is 1. The zero-order chi connectivity index (χ0) is 33.2. The SMILES string of the molecule is CC1=[N+](Cc2ccc(C(C)(C)C)cc2)CCc2cc3c(cc21)OCO3.OC(Cn1cncn1)(Cn1cncn1)c1ccc(F)cc1F.[Br-]. The van der Waals surface area contributed by atoms with Gasteiger partial charge >= 0.3 is 0 Å². The van der Waals surface area contributed by atoms with Crippen molar-refractivity contribution in [3.63, 3.8) is 0 Å². The molecule has 0 saturated carbocycles. The maximum absolute atomic E-state index is 14.1. The van der Waals surface area contributed by atoms with Gasteiger partial charge in [-0.1, -0.05) is 51.1 Å². The van der Waals surface area contributed by atoms with Crippen molar-refractivity contribution in [1.82, 2.24) is 29.5 Å². The van der Waals surface area contributed by atoms with Crippen LogP contribution in [0.1, 0.15) is 55.5 Å². The second-order valence-corrected chi connectivity index (χ2v) is 12.9. The molecule has 0 aliphatic carbocycles. The van der Waals surface area contributed by atoms with Gasteiger partial charge in [0.15, 0.2) is 23.8 Å². The van der Waals surface area contributed by atoms with Gasteiger partial charge in [0.25, 0.3) is 0 Å². The van der Waals surface area contributed by atoms with E-state index in [2.05, 4.69) is 88.8 Å². The Morgan fingerprint density at radius 2 is 1.50 bits per heavy atom. The Kier molecular flexibility index (Phi) is 10.4. The van der Waals surface area contributed by atoms with Crippen LogP contribution in [0.25, 0.3) is 0 Å². The lowest BCUT2D eigenvalue weighted by atomic mass is 9.86. The number of rotatable bonds is 7. The Balaban J connectivity index is 0.000000186. The molecule has 0 spiro atoms. The van der Waals surface area contributed by atoms with Crippen LogP contribution in [0.3, 0.4) is 0 Å². The molecule has 0 unspecified atom stereocenters. The van der Waals surface area contributed by atoms with Crippen molar-refractivity contribution in [3.8, 4) is 11.5 Å². The molecule has 13 heteroatoms. The maximum Gasteiger partial charge on any atom is 0.231 e. The molecule has 5 aromatic rings. The number of hydrogen-bond donors (Lipinski definition) is 1. The first-order chi connectivity index (χ1) is 22.5. The lowest BCUT2D eigenvalue weighted by Gasteiger charge is -2.28. The van der Waals surface area contributed by atoms with Crippen molar-refractivity contribution in [3.05, 3.63) is 119 Å². The van der Waals surface area contributed by atoms with Crippen LogP contribution >= 0.6 is 0 Å². The summed E-state index contributed by atoms with van der Waals surface area (Å²) in [6.45, 7) is 11.2. The van der Waals surface area contributed by atoms with Crippen molar-refractivity contribution < 1.29 is 44.9 Å². The van der Waals surface area contributed by atoms with E-state index in [0.717, 1.165) is 43.1 Å². The molecule has 0 amide bonds. The van der Waals surface area contributed by atoms with Crippen LogP contribution in [0.5, 0.6) is 11.5 Å². The first-order valence-corrected chi connectivity index (χ1v) is 15.4. The molecule has 0 radical (unpaired) electrons. The first kappa shape index (κ1) is 34.8. The van der Waals surface area contributed by atoms with Gasteiger partial charge in [0.2, 0.25) is 6.79 Å². The van der Waals surface area contributed by atoms with E-state index < -0.39 is 17.2 Å². The Hall–Kier alpha value is -4.49. The van der Waals surface area contributed by atoms with Gasteiger partial charge in [-0.15, -0.1) is 0 Å². The molecule has 0 saturated heterocycles. The Morgan fingerprint density at radius 1 is 0.875 bits per heavy atom. The number of ether oxygens (including phenoxy) is 2. The topological polar surface area (TPSA) is 103 Å². The van der Waals surface area contributed by atoms with E-state index in [0.29, 0.717) is 6.79 Å². The number of fused-ring (bicyclic) bond motifs is 2. The molecule has 3 aromatic carbocycles. The molecule has 48 heavy (non-hydrogen) atoms. The average Bonchev–Trinajstić information content (AvgIpc) is 3.82. The van der Waals surface area contributed by atoms with Crippen LogP contribution < -0.4 is 26.5 Å². The third kappa shape index (κ3) is 7.79. The molecule has 0 atom stereocenters. The molecule has 10 nitrogen and oxygen atoms in total. The molecule has 2 aliphatic heterocycles. The molecule has 2 aromatic heterocycles. The Bertz CT molecular complexity index is 1840. The number of benzene rings is 3. The highest BCUT2D eigenvalue weighted by Gasteiger charge is 2.34. The van der Waals surface area contributed by atoms with Crippen LogP contribution in [0.15, 0.2) is 79.9 Å². The van der Waals surface area contributed by atoms with Crippen molar-refractivity contribution in [2.45, 2.75) is 64.8 Å². The molecule has 0 fully saturated rings. The molecule has 7 rings (SSSR count). The molecule has 252 valence electrons. The fourth-order valence-electron chi connectivity index (χ4n) is 5.90. The summed E-state index contributed by atoms with van der Waals surface area (Å²) in [7, 11) is 0. The first-order valence-electron chi connectivity index (χ1n) is 15.4. The van der Waals surface area contributed by atoms with E-state index in [1.165, 1.54) is 68.7 Å². The third-order valence-electron chi connectivity index (χ3n) is 8.52. The zero-order valence-electron chi connectivity index (χ0n) is 27.3. The molecule has 4 heterocycles. The third-order valence-corrected chi connectivity index (χ3v) is 8.52. The number of halogens is 3. The highest BCUT2D eigenvalue weighted by Crippen LogP contribution is 2.36.